The van der Waals surface area contributed by atoms with Gasteiger partial charge in [0, 0.05) is 29.8 Å². The van der Waals surface area contributed by atoms with E-state index in [-0.39, 0.29) is 28.7 Å². The summed E-state index contributed by atoms with van der Waals surface area (Å²) in [6.07, 6.45) is 4.29. The molecule has 0 aromatic carbocycles. The van der Waals surface area contributed by atoms with Gasteiger partial charge in [-0.1, -0.05) is 19.0 Å². The number of aromatic nitrogens is 1. The van der Waals surface area contributed by atoms with E-state index in [2.05, 4.69) is 61.7 Å². The Morgan fingerprint density at radius 1 is 1.29 bits per heavy atom. The molecule has 1 heterocycles. The van der Waals surface area contributed by atoms with Crippen molar-refractivity contribution in [2.24, 2.45) is 4.99 Å². The first-order valence-corrected chi connectivity index (χ1v) is 9.71. The highest BCUT2D eigenvalue weighted by Crippen LogP contribution is 2.22. The molecule has 0 fully saturated rings. The third-order valence-electron chi connectivity index (χ3n) is 3.95. The standard InChI is InChI=1S/C17H32N4OS.HI/c1-7-13(8-2)15-10-14(22-21-15)11-19-16(18-9-3)20-12-17(4,5)23-6;/h10,13H,7-9,11-12H2,1-6H3,(H2,18,19,20);1H. The SMILES string of the molecule is CCNC(=NCc1cc(C(CC)CC)no1)NCC(C)(C)SC.I. The Balaban J connectivity index is 0.00000529. The van der Waals surface area contributed by atoms with Crippen molar-refractivity contribution in [3.8, 4) is 0 Å². The minimum atomic E-state index is 0. The maximum absolute atomic E-state index is 5.43. The molecule has 1 rings (SSSR count). The first-order chi connectivity index (χ1) is 11.0. The smallest absolute Gasteiger partial charge is 0.191 e. The zero-order valence-electron chi connectivity index (χ0n) is 15.8. The van der Waals surface area contributed by atoms with E-state index in [0.29, 0.717) is 12.5 Å². The lowest BCUT2D eigenvalue weighted by atomic mass is 9.99. The molecule has 1 aromatic rings. The van der Waals surface area contributed by atoms with Crippen LogP contribution < -0.4 is 10.6 Å². The van der Waals surface area contributed by atoms with Crippen LogP contribution in [0.5, 0.6) is 0 Å². The van der Waals surface area contributed by atoms with Crippen molar-refractivity contribution in [3.63, 3.8) is 0 Å². The van der Waals surface area contributed by atoms with Crippen LogP contribution in [0.3, 0.4) is 0 Å². The molecule has 0 aliphatic carbocycles. The Kier molecular flexibility index (Phi) is 11.8. The fourth-order valence-electron chi connectivity index (χ4n) is 2.17. The van der Waals surface area contributed by atoms with Gasteiger partial charge in [0.05, 0.1) is 5.69 Å². The Morgan fingerprint density at radius 2 is 1.96 bits per heavy atom. The summed E-state index contributed by atoms with van der Waals surface area (Å²) in [6, 6.07) is 2.04. The van der Waals surface area contributed by atoms with Crippen LogP contribution in [0.1, 0.15) is 64.8 Å². The summed E-state index contributed by atoms with van der Waals surface area (Å²) < 4.78 is 5.60. The van der Waals surface area contributed by atoms with E-state index in [1.165, 1.54) is 0 Å². The van der Waals surface area contributed by atoms with E-state index < -0.39 is 0 Å². The predicted molar refractivity (Wildman–Crippen MR) is 116 cm³/mol. The summed E-state index contributed by atoms with van der Waals surface area (Å²) in [6.45, 7) is 13.1. The Bertz CT molecular complexity index is 487. The maximum Gasteiger partial charge on any atom is 0.191 e. The molecule has 0 atom stereocenters. The third-order valence-corrected chi connectivity index (χ3v) is 5.20. The number of nitrogens with one attached hydrogen (secondary N) is 2. The van der Waals surface area contributed by atoms with Gasteiger partial charge in [-0.3, -0.25) is 0 Å². The van der Waals surface area contributed by atoms with Crippen molar-refractivity contribution < 1.29 is 4.52 Å². The molecule has 0 saturated heterocycles. The average Bonchev–Trinajstić information content (AvgIpc) is 3.00. The molecule has 1 aromatic heterocycles. The molecule has 0 bridgehead atoms. The van der Waals surface area contributed by atoms with Crippen molar-refractivity contribution in [1.29, 1.82) is 0 Å². The Labute approximate surface area is 168 Å². The third kappa shape index (κ3) is 8.09. The fourth-order valence-corrected chi connectivity index (χ4v) is 2.39. The molecule has 24 heavy (non-hydrogen) atoms. The van der Waals surface area contributed by atoms with Crippen LogP contribution in [-0.2, 0) is 6.54 Å². The average molecular weight is 468 g/mol. The van der Waals surface area contributed by atoms with E-state index in [1.54, 1.807) is 0 Å². The molecule has 5 nitrogen and oxygen atoms in total. The van der Waals surface area contributed by atoms with Crippen molar-refractivity contribution in [1.82, 2.24) is 15.8 Å². The second kappa shape index (κ2) is 12.0. The highest BCUT2D eigenvalue weighted by molar-refractivity contribution is 14.0. The van der Waals surface area contributed by atoms with E-state index >= 15 is 0 Å². The van der Waals surface area contributed by atoms with Gasteiger partial charge in [0.1, 0.15) is 6.54 Å². The molecular formula is C17H33IN4OS. The number of nitrogens with zero attached hydrogens (tertiary/aromatic N) is 2. The summed E-state index contributed by atoms with van der Waals surface area (Å²) in [5.41, 5.74) is 1.04. The first-order valence-electron chi connectivity index (χ1n) is 8.48. The molecular weight excluding hydrogens is 435 g/mol. The summed E-state index contributed by atoms with van der Waals surface area (Å²) in [5.74, 6) is 2.11. The molecule has 0 spiro atoms. The van der Waals surface area contributed by atoms with Crippen molar-refractivity contribution in [2.75, 3.05) is 19.3 Å². The topological polar surface area (TPSA) is 62.5 Å². The van der Waals surface area contributed by atoms with Gasteiger partial charge in [-0.25, -0.2) is 4.99 Å². The van der Waals surface area contributed by atoms with Crippen LogP contribution in [0.25, 0.3) is 0 Å². The summed E-state index contributed by atoms with van der Waals surface area (Å²) >= 11 is 1.84. The molecule has 0 amide bonds. The number of halogens is 1. The lowest BCUT2D eigenvalue weighted by Gasteiger charge is -2.23. The predicted octanol–water partition coefficient (Wildman–Crippen LogP) is 4.39. The quantitative estimate of drug-likeness (QED) is 0.320. The number of aliphatic imine (C=N–C) groups is 1. The number of hydrogen-bond acceptors (Lipinski definition) is 4. The molecule has 0 aliphatic heterocycles. The molecule has 0 unspecified atom stereocenters. The van der Waals surface area contributed by atoms with E-state index in [9.17, 15) is 0 Å². The Hall–Kier alpha value is -0.440. The number of rotatable bonds is 9. The minimum Gasteiger partial charge on any atom is -0.359 e. The molecule has 0 saturated carbocycles. The van der Waals surface area contributed by atoms with Gasteiger partial charge in [-0.05, 0) is 39.9 Å². The van der Waals surface area contributed by atoms with E-state index in [1.807, 2.05) is 17.8 Å². The molecule has 7 heteroatoms. The highest BCUT2D eigenvalue weighted by Gasteiger charge is 2.16. The Morgan fingerprint density at radius 3 is 2.50 bits per heavy atom. The monoisotopic (exact) mass is 468 g/mol. The molecule has 0 radical (unpaired) electrons. The van der Waals surface area contributed by atoms with Crippen molar-refractivity contribution in [3.05, 3.63) is 17.5 Å². The maximum atomic E-state index is 5.43. The fraction of sp³-hybridized carbons (Fsp3) is 0.765. The first kappa shape index (κ1) is 23.6. The van der Waals surface area contributed by atoms with Crippen molar-refractivity contribution in [2.45, 2.75) is 64.7 Å². The van der Waals surface area contributed by atoms with Crippen molar-refractivity contribution >= 4 is 41.7 Å². The normalized spacial score (nSPS) is 12.2. The van der Waals surface area contributed by atoms with E-state index in [4.69, 9.17) is 4.52 Å². The van der Waals surface area contributed by atoms with Crippen LogP contribution >= 0.6 is 35.7 Å². The summed E-state index contributed by atoms with van der Waals surface area (Å²) in [7, 11) is 0. The van der Waals surface area contributed by atoms with Gasteiger partial charge in [-0.2, -0.15) is 11.8 Å². The molecule has 2 N–H and O–H groups in total. The van der Waals surface area contributed by atoms with Gasteiger partial charge in [-0.15, -0.1) is 24.0 Å². The zero-order chi connectivity index (χ0) is 17.3. The molecule has 140 valence electrons. The second-order valence-corrected chi connectivity index (χ2v) is 7.76. The minimum absolute atomic E-state index is 0. The van der Waals surface area contributed by atoms with Gasteiger partial charge < -0.3 is 15.2 Å². The van der Waals surface area contributed by atoms with E-state index in [0.717, 1.165) is 43.3 Å². The van der Waals surface area contributed by atoms with Gasteiger partial charge in [0.2, 0.25) is 0 Å². The summed E-state index contributed by atoms with van der Waals surface area (Å²) in [4.78, 5) is 4.60. The van der Waals surface area contributed by atoms with Gasteiger partial charge in [0.15, 0.2) is 11.7 Å². The van der Waals surface area contributed by atoms with Crippen LogP contribution in [0.2, 0.25) is 0 Å². The van der Waals surface area contributed by atoms with Gasteiger partial charge >= 0.3 is 0 Å². The van der Waals surface area contributed by atoms with Gasteiger partial charge in [0.25, 0.3) is 0 Å². The lowest BCUT2D eigenvalue weighted by molar-refractivity contribution is 0.372. The largest absolute Gasteiger partial charge is 0.359 e. The lowest BCUT2D eigenvalue weighted by Crippen LogP contribution is -2.43. The van der Waals surface area contributed by atoms with Crippen LogP contribution in [0.4, 0.5) is 0 Å². The number of thioether (sulfide) groups is 1. The summed E-state index contributed by atoms with van der Waals surface area (Å²) in [5, 5.41) is 10.9. The number of guanidine groups is 1. The van der Waals surface area contributed by atoms with Crippen LogP contribution in [-0.4, -0.2) is 35.2 Å². The van der Waals surface area contributed by atoms with Crippen LogP contribution in [0, 0.1) is 0 Å². The van der Waals surface area contributed by atoms with Crippen LogP contribution in [0.15, 0.2) is 15.6 Å². The molecule has 0 aliphatic rings. The second-order valence-electron chi connectivity index (χ2n) is 6.24. The zero-order valence-corrected chi connectivity index (χ0v) is 19.0. The number of hydrogen-bond donors (Lipinski definition) is 2. The highest BCUT2D eigenvalue weighted by atomic mass is 127.